The molecule has 4 rings (SSSR count). The second-order valence-electron chi connectivity index (χ2n) is 4.93. The third kappa shape index (κ3) is 1.82. The van der Waals surface area contributed by atoms with Crippen molar-refractivity contribution in [1.82, 2.24) is 9.55 Å². The Bertz CT molecular complexity index is 857. The maximum atomic E-state index is 10.8. The third-order valence-corrected chi connectivity index (χ3v) is 4.27. The minimum absolute atomic E-state index is 0.441. The largest absolute Gasteiger partial charge is 0.383 e. The Hall–Kier alpha value is -1.81. The van der Waals surface area contributed by atoms with Gasteiger partial charge in [-0.05, 0) is 18.2 Å². The van der Waals surface area contributed by atoms with E-state index in [0.29, 0.717) is 15.6 Å². The minimum Gasteiger partial charge on any atom is -0.383 e. The molecule has 1 atom stereocenters. The first-order chi connectivity index (χ1) is 10.2. The van der Waals surface area contributed by atoms with Crippen LogP contribution in [0.25, 0.3) is 17.1 Å². The molecular weight excluding hydrogens is 307 g/mol. The molecule has 1 N–H and O–H groups in total. The summed E-state index contributed by atoms with van der Waals surface area (Å²) in [6.07, 6.45) is 2.77. The number of aromatic nitrogens is 2. The Morgan fingerprint density at radius 1 is 1.14 bits per heavy atom. The molecule has 0 fully saturated rings. The van der Waals surface area contributed by atoms with Crippen molar-refractivity contribution in [3.05, 3.63) is 70.0 Å². The highest BCUT2D eigenvalue weighted by Gasteiger charge is 2.28. The highest BCUT2D eigenvalue weighted by atomic mass is 35.5. The lowest BCUT2D eigenvalue weighted by molar-refractivity contribution is 0.221. The molecular formula is C16H10Cl2N2O. The summed E-state index contributed by atoms with van der Waals surface area (Å²) in [5.41, 5.74) is 3.07. The summed E-state index contributed by atoms with van der Waals surface area (Å²) >= 11 is 12.5. The number of aliphatic hydroxyl groups is 1. The van der Waals surface area contributed by atoms with Gasteiger partial charge in [-0.2, -0.15) is 0 Å². The first-order valence-electron chi connectivity index (χ1n) is 6.47. The molecule has 0 bridgehead atoms. The average Bonchev–Trinajstić information content (AvgIpc) is 2.91. The van der Waals surface area contributed by atoms with Crippen molar-refractivity contribution in [3.63, 3.8) is 0 Å². The van der Waals surface area contributed by atoms with Gasteiger partial charge in [0.05, 0.1) is 5.69 Å². The molecule has 3 nitrogen and oxygen atoms in total. The normalized spacial score (nSPS) is 15.9. The molecule has 21 heavy (non-hydrogen) atoms. The summed E-state index contributed by atoms with van der Waals surface area (Å²) in [5, 5.41) is 11.7. The Morgan fingerprint density at radius 3 is 2.81 bits per heavy atom. The fourth-order valence-electron chi connectivity index (χ4n) is 2.84. The van der Waals surface area contributed by atoms with Gasteiger partial charge in [0.25, 0.3) is 0 Å². The van der Waals surface area contributed by atoms with E-state index in [1.54, 1.807) is 18.3 Å². The van der Waals surface area contributed by atoms with Crippen molar-refractivity contribution in [3.8, 4) is 17.1 Å². The molecule has 1 unspecified atom stereocenters. The molecule has 0 spiro atoms. The molecule has 0 radical (unpaired) electrons. The number of rotatable bonds is 0. The number of imidazole rings is 1. The Morgan fingerprint density at radius 2 is 1.95 bits per heavy atom. The van der Waals surface area contributed by atoms with E-state index in [1.807, 2.05) is 35.0 Å². The van der Waals surface area contributed by atoms with Crippen molar-refractivity contribution in [2.75, 3.05) is 0 Å². The second-order valence-corrected chi connectivity index (χ2v) is 5.77. The monoisotopic (exact) mass is 316 g/mol. The molecule has 5 heteroatoms. The predicted molar refractivity (Wildman–Crippen MR) is 83.1 cm³/mol. The Kier molecular flexibility index (Phi) is 2.82. The van der Waals surface area contributed by atoms with E-state index in [0.717, 1.165) is 22.6 Å². The van der Waals surface area contributed by atoms with Crippen LogP contribution in [-0.2, 0) is 0 Å². The topological polar surface area (TPSA) is 38.0 Å². The number of fused-ring (bicyclic) bond motifs is 5. The zero-order chi connectivity index (χ0) is 14.6. The zero-order valence-corrected chi connectivity index (χ0v) is 12.3. The van der Waals surface area contributed by atoms with Crippen molar-refractivity contribution < 1.29 is 5.11 Å². The Balaban J connectivity index is 2.17. The molecule has 1 aliphatic rings. The summed E-state index contributed by atoms with van der Waals surface area (Å²) < 4.78 is 1.94. The summed E-state index contributed by atoms with van der Waals surface area (Å²) in [6, 6.07) is 11.1. The summed E-state index contributed by atoms with van der Waals surface area (Å²) in [7, 11) is 0. The highest BCUT2D eigenvalue weighted by molar-refractivity contribution is 6.35. The van der Waals surface area contributed by atoms with Crippen molar-refractivity contribution in [2.45, 2.75) is 6.10 Å². The van der Waals surface area contributed by atoms with Crippen LogP contribution in [0.2, 0.25) is 10.0 Å². The second kappa shape index (κ2) is 4.60. The number of benzene rings is 2. The van der Waals surface area contributed by atoms with E-state index in [-0.39, 0.29) is 0 Å². The van der Waals surface area contributed by atoms with E-state index >= 15 is 0 Å². The zero-order valence-electron chi connectivity index (χ0n) is 10.8. The third-order valence-electron chi connectivity index (χ3n) is 3.74. The van der Waals surface area contributed by atoms with Gasteiger partial charge < -0.3 is 5.11 Å². The lowest BCUT2D eigenvalue weighted by atomic mass is 9.97. The van der Waals surface area contributed by atoms with Crippen LogP contribution in [-0.4, -0.2) is 14.7 Å². The van der Waals surface area contributed by atoms with Gasteiger partial charge in [-0.15, -0.1) is 0 Å². The lowest BCUT2D eigenvalue weighted by Gasteiger charge is -2.15. The number of para-hydroxylation sites is 1. The smallest absolute Gasteiger partial charge is 0.144 e. The van der Waals surface area contributed by atoms with Crippen LogP contribution in [0.3, 0.4) is 0 Å². The molecule has 1 aromatic heterocycles. The van der Waals surface area contributed by atoms with Gasteiger partial charge in [-0.1, -0.05) is 41.4 Å². The van der Waals surface area contributed by atoms with Crippen LogP contribution in [0, 0.1) is 0 Å². The molecule has 3 aromatic rings. The van der Waals surface area contributed by atoms with E-state index in [4.69, 9.17) is 23.2 Å². The predicted octanol–water partition coefficient (Wildman–Crippen LogP) is 4.24. The molecule has 0 amide bonds. The molecule has 104 valence electrons. The number of hydrogen-bond acceptors (Lipinski definition) is 2. The quantitative estimate of drug-likeness (QED) is 0.673. The van der Waals surface area contributed by atoms with Crippen LogP contribution in [0.15, 0.2) is 48.8 Å². The van der Waals surface area contributed by atoms with Gasteiger partial charge in [0, 0.05) is 39.1 Å². The van der Waals surface area contributed by atoms with Crippen LogP contribution in [0.4, 0.5) is 0 Å². The standard InChI is InChI=1S/C16H10Cl2N2O/c17-9-7-11-14(12(18)8-9)15(21)10-3-1-2-4-13(10)20-6-5-19-16(11)20/h1-8,15,21H. The Labute approximate surface area is 131 Å². The van der Waals surface area contributed by atoms with Crippen LogP contribution in [0.5, 0.6) is 0 Å². The summed E-state index contributed by atoms with van der Waals surface area (Å²) in [4.78, 5) is 4.41. The fourth-order valence-corrected chi connectivity index (χ4v) is 3.44. The van der Waals surface area contributed by atoms with Crippen LogP contribution in [0.1, 0.15) is 17.2 Å². The molecule has 2 heterocycles. The van der Waals surface area contributed by atoms with Crippen molar-refractivity contribution >= 4 is 23.2 Å². The maximum absolute atomic E-state index is 10.8. The van der Waals surface area contributed by atoms with E-state index in [2.05, 4.69) is 4.98 Å². The van der Waals surface area contributed by atoms with Crippen LogP contribution < -0.4 is 0 Å². The van der Waals surface area contributed by atoms with Gasteiger partial charge in [0.1, 0.15) is 11.9 Å². The van der Waals surface area contributed by atoms with Crippen molar-refractivity contribution in [1.29, 1.82) is 0 Å². The van der Waals surface area contributed by atoms with E-state index in [9.17, 15) is 5.11 Å². The van der Waals surface area contributed by atoms with Gasteiger partial charge in [-0.3, -0.25) is 4.57 Å². The molecule has 2 aromatic carbocycles. The van der Waals surface area contributed by atoms with E-state index < -0.39 is 6.10 Å². The maximum Gasteiger partial charge on any atom is 0.144 e. The van der Waals surface area contributed by atoms with Gasteiger partial charge in [0.2, 0.25) is 0 Å². The first kappa shape index (κ1) is 12.9. The van der Waals surface area contributed by atoms with Crippen LogP contribution >= 0.6 is 23.2 Å². The summed E-state index contributed by atoms with van der Waals surface area (Å²) in [6.45, 7) is 0. The number of hydrogen-bond donors (Lipinski definition) is 1. The highest BCUT2D eigenvalue weighted by Crippen LogP contribution is 2.43. The molecule has 0 aliphatic carbocycles. The fraction of sp³-hybridized carbons (Fsp3) is 0.0625. The average molecular weight is 317 g/mol. The van der Waals surface area contributed by atoms with Gasteiger partial charge >= 0.3 is 0 Å². The number of aliphatic hydroxyl groups excluding tert-OH is 1. The minimum atomic E-state index is -0.817. The summed E-state index contributed by atoms with van der Waals surface area (Å²) in [5.74, 6) is 0.721. The van der Waals surface area contributed by atoms with Crippen molar-refractivity contribution in [2.24, 2.45) is 0 Å². The number of halogens is 2. The lowest BCUT2D eigenvalue weighted by Crippen LogP contribution is -2.03. The van der Waals surface area contributed by atoms with Gasteiger partial charge in [0.15, 0.2) is 0 Å². The number of nitrogens with zero attached hydrogens (tertiary/aromatic N) is 2. The SMILES string of the molecule is OC1c2ccccc2-n2ccnc2-c2cc(Cl)cc(Cl)c21. The van der Waals surface area contributed by atoms with E-state index in [1.165, 1.54) is 0 Å². The van der Waals surface area contributed by atoms with Gasteiger partial charge in [-0.25, -0.2) is 4.98 Å². The molecule has 0 saturated carbocycles. The molecule has 0 saturated heterocycles. The first-order valence-corrected chi connectivity index (χ1v) is 7.22. The molecule has 1 aliphatic heterocycles.